The van der Waals surface area contributed by atoms with Gasteiger partial charge in [0.15, 0.2) is 0 Å². The van der Waals surface area contributed by atoms with Crippen molar-refractivity contribution in [2.24, 2.45) is 0 Å². The number of phosphoric acid groups is 1. The van der Waals surface area contributed by atoms with Crippen molar-refractivity contribution in [2.75, 3.05) is 0 Å². The SMILES string of the molecule is O=P([O-])([O-])[O-].[In+3].[Sr+2]. The largest absolute Gasteiger partial charge is 3.00 e. The van der Waals surface area contributed by atoms with Crippen LogP contribution >= 0.6 is 7.82 Å². The number of hydrogen-bond donors (Lipinski definition) is 0. The molecular weight excluding hydrogens is 297 g/mol. The van der Waals surface area contributed by atoms with Crippen LogP contribution in [0.3, 0.4) is 0 Å². The Morgan fingerprint density at radius 3 is 1.14 bits per heavy atom. The molecule has 0 fully saturated rings. The first-order chi connectivity index (χ1) is 2.00. The Morgan fingerprint density at radius 1 is 1.14 bits per heavy atom. The van der Waals surface area contributed by atoms with Crippen molar-refractivity contribution in [1.82, 2.24) is 0 Å². The molecule has 0 aromatic carbocycles. The molecular formula is InO4PSr+2. The van der Waals surface area contributed by atoms with Gasteiger partial charge < -0.3 is 19.2 Å². The molecule has 0 saturated carbocycles. The van der Waals surface area contributed by atoms with E-state index in [0.29, 0.717) is 0 Å². The maximum atomic E-state index is 8.55. The zero-order chi connectivity index (χ0) is 4.50. The molecule has 32 valence electrons. The van der Waals surface area contributed by atoms with Crippen molar-refractivity contribution in [3.63, 3.8) is 0 Å². The standard InChI is InChI=1S/In.H3O4P.Sr/c;1-5(2,3)4;/h;(H3,1,2,3,4);/q+3;;+2/p-3. The van der Waals surface area contributed by atoms with Crippen LogP contribution in [0.1, 0.15) is 0 Å². The van der Waals surface area contributed by atoms with Crippen molar-refractivity contribution < 1.29 is 19.2 Å². The summed E-state index contributed by atoms with van der Waals surface area (Å²) in [6, 6.07) is 0. The second kappa shape index (κ2) is 6.58. The first kappa shape index (κ1) is 16.2. The molecule has 7 heteroatoms. The van der Waals surface area contributed by atoms with Crippen LogP contribution in [0.15, 0.2) is 0 Å². The van der Waals surface area contributed by atoms with E-state index < -0.39 is 7.82 Å². The van der Waals surface area contributed by atoms with Gasteiger partial charge in [-0.05, 0) is 0 Å². The molecule has 0 radical (unpaired) electrons. The quantitative estimate of drug-likeness (QED) is 0.342. The average molecular weight is 297 g/mol. The fraction of sp³-hybridized carbons (Fsp3) is 0. The summed E-state index contributed by atoms with van der Waals surface area (Å²) >= 11 is 0. The van der Waals surface area contributed by atoms with Gasteiger partial charge in [0.05, 0.1) is 0 Å². The van der Waals surface area contributed by atoms with Gasteiger partial charge in [-0.25, -0.2) is 0 Å². The van der Waals surface area contributed by atoms with Gasteiger partial charge in [0, 0.05) is 0 Å². The molecule has 4 nitrogen and oxygen atoms in total. The Kier molecular flexibility index (Phi) is 15.2. The van der Waals surface area contributed by atoms with Crippen LogP contribution in [0.2, 0.25) is 0 Å². The van der Waals surface area contributed by atoms with E-state index in [1.165, 1.54) is 0 Å². The zero-order valence-corrected chi connectivity index (χ0v) is 11.0. The molecule has 0 atom stereocenters. The summed E-state index contributed by atoms with van der Waals surface area (Å²) in [4.78, 5) is 25.6. The third-order valence-corrected chi connectivity index (χ3v) is 0. The Morgan fingerprint density at radius 2 is 1.14 bits per heavy atom. The van der Waals surface area contributed by atoms with Crippen LogP contribution in [0, 0.1) is 0 Å². The first-order valence-corrected chi connectivity index (χ1v) is 2.19. The van der Waals surface area contributed by atoms with Gasteiger partial charge in [-0.2, -0.15) is 7.82 Å². The average Bonchev–Trinajstić information content (AvgIpc) is 0.722. The minimum absolute atomic E-state index is 0. The summed E-state index contributed by atoms with van der Waals surface area (Å²) in [5, 5.41) is 0. The van der Waals surface area contributed by atoms with Crippen molar-refractivity contribution in [1.29, 1.82) is 0 Å². The maximum absolute atomic E-state index is 8.55. The van der Waals surface area contributed by atoms with E-state index in [4.69, 9.17) is 19.2 Å². The molecule has 0 amide bonds. The number of hydrogen-bond acceptors (Lipinski definition) is 4. The Labute approximate surface area is 96.6 Å². The third kappa shape index (κ3) is 58.3. The van der Waals surface area contributed by atoms with Gasteiger partial charge >= 0.3 is 71.3 Å². The minimum atomic E-state index is -5.39. The van der Waals surface area contributed by atoms with Crippen molar-refractivity contribution in [3.05, 3.63) is 0 Å². The molecule has 0 spiro atoms. The topological polar surface area (TPSA) is 86.2 Å². The molecule has 0 rings (SSSR count). The monoisotopic (exact) mass is 298 g/mol. The smallest absolute Gasteiger partial charge is 0.822 e. The fourth-order valence-corrected chi connectivity index (χ4v) is 0. The van der Waals surface area contributed by atoms with Gasteiger partial charge in [0.1, 0.15) is 0 Å². The summed E-state index contributed by atoms with van der Waals surface area (Å²) in [6.45, 7) is 0. The summed E-state index contributed by atoms with van der Waals surface area (Å²) in [5.74, 6) is 0. The molecule has 0 unspecified atom stereocenters. The van der Waals surface area contributed by atoms with E-state index >= 15 is 0 Å². The van der Waals surface area contributed by atoms with E-state index in [1.807, 2.05) is 0 Å². The van der Waals surface area contributed by atoms with Gasteiger partial charge in [-0.1, -0.05) is 0 Å². The van der Waals surface area contributed by atoms with Gasteiger partial charge in [-0.15, -0.1) is 0 Å². The first-order valence-electron chi connectivity index (χ1n) is 0.730. The van der Waals surface area contributed by atoms with Crippen LogP contribution in [-0.2, 0) is 4.57 Å². The van der Waals surface area contributed by atoms with Gasteiger partial charge in [-0.3, -0.25) is 0 Å². The van der Waals surface area contributed by atoms with Crippen LogP contribution in [0.25, 0.3) is 0 Å². The fourth-order valence-electron chi connectivity index (χ4n) is 0. The minimum Gasteiger partial charge on any atom is -0.822 e. The number of rotatable bonds is 0. The second-order valence-corrected chi connectivity index (χ2v) is 1.34. The van der Waals surface area contributed by atoms with Crippen LogP contribution in [0.5, 0.6) is 0 Å². The molecule has 0 bridgehead atoms. The van der Waals surface area contributed by atoms with Gasteiger partial charge in [0.2, 0.25) is 0 Å². The molecule has 0 aliphatic heterocycles. The van der Waals surface area contributed by atoms with Gasteiger partial charge in [0.25, 0.3) is 0 Å². The zero-order valence-electron chi connectivity index (χ0n) is 3.36. The predicted octanol–water partition coefficient (Wildman–Crippen LogP) is -3.59. The van der Waals surface area contributed by atoms with Crippen LogP contribution < -0.4 is 14.7 Å². The Balaban J connectivity index is -0.0000000800. The van der Waals surface area contributed by atoms with Crippen molar-refractivity contribution in [3.8, 4) is 0 Å². The second-order valence-electron chi connectivity index (χ2n) is 0.447. The van der Waals surface area contributed by atoms with E-state index in [-0.39, 0.29) is 71.3 Å². The molecule has 0 saturated heterocycles. The summed E-state index contributed by atoms with van der Waals surface area (Å²) in [7, 11) is -5.39. The van der Waals surface area contributed by atoms with E-state index in [9.17, 15) is 0 Å². The van der Waals surface area contributed by atoms with Crippen LogP contribution in [0.4, 0.5) is 0 Å². The molecule has 0 aromatic rings. The molecule has 7 heavy (non-hydrogen) atoms. The molecule has 0 heterocycles. The van der Waals surface area contributed by atoms with E-state index in [0.717, 1.165) is 0 Å². The van der Waals surface area contributed by atoms with E-state index in [1.54, 1.807) is 0 Å². The Bertz CT molecular complexity index is 57.8. The van der Waals surface area contributed by atoms with Crippen molar-refractivity contribution >= 4 is 79.1 Å². The summed E-state index contributed by atoms with van der Waals surface area (Å²) in [5.41, 5.74) is 0. The maximum Gasteiger partial charge on any atom is 3.00 e. The molecule has 0 aliphatic rings. The Hall–Kier alpha value is 2.46. The predicted molar refractivity (Wildman–Crippen MR) is 19.1 cm³/mol. The molecule has 0 aromatic heterocycles. The third-order valence-electron chi connectivity index (χ3n) is 0. The summed E-state index contributed by atoms with van der Waals surface area (Å²) in [6.07, 6.45) is 0. The normalized spacial score (nSPS) is 8.43. The summed E-state index contributed by atoms with van der Waals surface area (Å²) < 4.78 is 8.55. The van der Waals surface area contributed by atoms with Crippen LogP contribution in [-0.4, -0.2) is 71.3 Å². The van der Waals surface area contributed by atoms with E-state index in [2.05, 4.69) is 0 Å². The molecule has 0 aliphatic carbocycles. The van der Waals surface area contributed by atoms with Crippen molar-refractivity contribution in [2.45, 2.75) is 0 Å². The molecule has 0 N–H and O–H groups in total.